The Balaban J connectivity index is 0.000000641. The normalized spacial score (nSPS) is 14.9. The summed E-state index contributed by atoms with van der Waals surface area (Å²) in [7, 11) is 1.74. The molecule has 3 rings (SSSR count). The smallest absolute Gasteiger partial charge is 0.414 e. The Morgan fingerprint density at radius 1 is 0.943 bits per heavy atom. The minimum absolute atomic E-state index is 0.172. The summed E-state index contributed by atoms with van der Waals surface area (Å²) in [5.41, 5.74) is 2.12. The van der Waals surface area contributed by atoms with Gasteiger partial charge >= 0.3 is 11.9 Å². The van der Waals surface area contributed by atoms with Gasteiger partial charge in [0.15, 0.2) is 0 Å². The molecule has 8 heteroatoms. The predicted octanol–water partition coefficient (Wildman–Crippen LogP) is 3.70. The van der Waals surface area contributed by atoms with Crippen LogP contribution in [0.3, 0.4) is 0 Å². The molecule has 35 heavy (non-hydrogen) atoms. The highest BCUT2D eigenvalue weighted by Crippen LogP contribution is 2.34. The van der Waals surface area contributed by atoms with Crippen molar-refractivity contribution in [1.82, 2.24) is 4.90 Å². The van der Waals surface area contributed by atoms with Gasteiger partial charge in [-0.1, -0.05) is 55.5 Å². The lowest BCUT2D eigenvalue weighted by Gasteiger charge is -2.48. The number of benzene rings is 2. The Bertz CT molecular complexity index is 915. The van der Waals surface area contributed by atoms with Gasteiger partial charge < -0.3 is 24.7 Å². The van der Waals surface area contributed by atoms with Crippen LogP contribution in [0.5, 0.6) is 0 Å². The lowest BCUT2D eigenvalue weighted by atomic mass is 9.85. The molecule has 1 aliphatic rings. The third-order valence-corrected chi connectivity index (χ3v) is 6.21. The molecule has 0 radical (unpaired) electrons. The monoisotopic (exact) mass is 484 g/mol. The number of nitrogens with zero attached hydrogens (tertiary/aromatic N) is 2. The van der Waals surface area contributed by atoms with Crippen LogP contribution in [-0.4, -0.2) is 71.8 Å². The third-order valence-electron chi connectivity index (χ3n) is 6.21. The van der Waals surface area contributed by atoms with E-state index < -0.39 is 11.9 Å². The molecule has 2 aromatic rings. The summed E-state index contributed by atoms with van der Waals surface area (Å²) in [5.74, 6) is -3.48. The van der Waals surface area contributed by atoms with Crippen molar-refractivity contribution >= 4 is 23.5 Å². The van der Waals surface area contributed by atoms with Crippen LogP contribution in [0.4, 0.5) is 5.69 Å². The van der Waals surface area contributed by atoms with Gasteiger partial charge in [0.25, 0.3) is 0 Å². The van der Waals surface area contributed by atoms with Gasteiger partial charge in [-0.3, -0.25) is 4.79 Å². The molecule has 1 aliphatic heterocycles. The van der Waals surface area contributed by atoms with Gasteiger partial charge in [0.05, 0.1) is 12.1 Å². The van der Waals surface area contributed by atoms with Crippen LogP contribution in [0, 0.1) is 0 Å². The van der Waals surface area contributed by atoms with Crippen molar-refractivity contribution in [1.29, 1.82) is 0 Å². The molecule has 190 valence electrons. The average Bonchev–Trinajstić information content (AvgIpc) is 2.87. The molecule has 0 aromatic heterocycles. The van der Waals surface area contributed by atoms with Crippen molar-refractivity contribution < 1.29 is 29.3 Å². The highest BCUT2D eigenvalue weighted by molar-refractivity contribution is 6.27. The molecular weight excluding hydrogens is 448 g/mol. The third kappa shape index (κ3) is 8.49. The summed E-state index contributed by atoms with van der Waals surface area (Å²) in [6.45, 7) is 5.62. The van der Waals surface area contributed by atoms with E-state index in [1.54, 1.807) is 7.11 Å². The van der Waals surface area contributed by atoms with Crippen LogP contribution >= 0.6 is 0 Å². The second kappa shape index (κ2) is 14.2. The number of carboxylic acids is 2. The van der Waals surface area contributed by atoms with Crippen LogP contribution in [0.15, 0.2) is 60.7 Å². The van der Waals surface area contributed by atoms with Gasteiger partial charge in [0.1, 0.15) is 0 Å². The first-order valence-corrected chi connectivity index (χ1v) is 11.9. The van der Waals surface area contributed by atoms with Crippen molar-refractivity contribution in [3.8, 4) is 0 Å². The Morgan fingerprint density at radius 3 is 1.97 bits per heavy atom. The first-order chi connectivity index (χ1) is 16.8. The minimum Gasteiger partial charge on any atom is -0.473 e. The number of likely N-dealkylation sites (tertiary alicyclic amines) is 1. The second-order valence-corrected chi connectivity index (χ2v) is 8.62. The fourth-order valence-electron chi connectivity index (χ4n) is 4.46. The summed E-state index contributed by atoms with van der Waals surface area (Å²) < 4.78 is 5.64. The largest absolute Gasteiger partial charge is 0.473 e. The molecule has 1 saturated heterocycles. The van der Waals surface area contributed by atoms with E-state index in [9.17, 15) is 4.79 Å². The number of ether oxygens (including phenoxy) is 1. The number of hydrogen-bond acceptors (Lipinski definition) is 5. The van der Waals surface area contributed by atoms with Gasteiger partial charge in [-0.05, 0) is 49.9 Å². The van der Waals surface area contributed by atoms with Gasteiger partial charge in [0, 0.05) is 32.3 Å². The molecule has 0 spiro atoms. The lowest BCUT2D eigenvalue weighted by molar-refractivity contribution is -0.159. The zero-order valence-corrected chi connectivity index (χ0v) is 20.6. The maximum Gasteiger partial charge on any atom is 0.414 e. The van der Waals surface area contributed by atoms with Crippen molar-refractivity contribution in [3.05, 3.63) is 66.2 Å². The Hall–Kier alpha value is -3.23. The van der Waals surface area contributed by atoms with Gasteiger partial charge in [-0.25, -0.2) is 9.59 Å². The van der Waals surface area contributed by atoms with Gasteiger partial charge in [-0.15, -0.1) is 0 Å². The zero-order chi connectivity index (χ0) is 25.7. The number of methoxy groups -OCH3 is 1. The molecule has 2 aromatic carbocycles. The van der Waals surface area contributed by atoms with Crippen LogP contribution < -0.4 is 4.90 Å². The number of para-hydroxylation sites is 1. The molecule has 0 saturated carbocycles. The van der Waals surface area contributed by atoms with E-state index in [-0.39, 0.29) is 11.4 Å². The highest BCUT2D eigenvalue weighted by Gasteiger charge is 2.42. The maximum absolute atomic E-state index is 13.0. The minimum atomic E-state index is -1.82. The highest BCUT2D eigenvalue weighted by atomic mass is 16.5. The van der Waals surface area contributed by atoms with Crippen LogP contribution in [0.1, 0.15) is 38.2 Å². The number of aliphatic carboxylic acids is 2. The molecule has 8 nitrogen and oxygen atoms in total. The number of hydrogen-bond donors (Lipinski definition) is 2. The Kier molecular flexibility index (Phi) is 11.4. The van der Waals surface area contributed by atoms with Crippen molar-refractivity contribution in [2.75, 3.05) is 38.3 Å². The van der Waals surface area contributed by atoms with Crippen LogP contribution in [0.25, 0.3) is 0 Å². The number of rotatable bonds is 9. The fourth-order valence-corrected chi connectivity index (χ4v) is 4.46. The fraction of sp³-hybridized carbons (Fsp3) is 0.444. The predicted molar refractivity (Wildman–Crippen MR) is 135 cm³/mol. The molecule has 0 unspecified atom stereocenters. The van der Waals surface area contributed by atoms with Crippen molar-refractivity contribution in [2.45, 2.75) is 44.6 Å². The maximum atomic E-state index is 13.0. The number of carbonyl (C=O) groups is 3. The first kappa shape index (κ1) is 28.0. The molecule has 1 fully saturated rings. The Morgan fingerprint density at radius 2 is 1.49 bits per heavy atom. The molecule has 0 bridgehead atoms. The van der Waals surface area contributed by atoms with E-state index >= 15 is 0 Å². The number of piperidine rings is 1. The number of carbonyl (C=O) groups excluding carboxylic acids is 1. The summed E-state index contributed by atoms with van der Waals surface area (Å²) >= 11 is 0. The standard InChI is InChI=1S/C25H34N2O2.C2H2O4/c1-3-24(28)27(23-14-8-5-9-15-23)25(21-29-2)16-19-26(20-17-25)18-10-13-22-11-6-4-7-12-22;3-1(4)2(5)6/h4-9,11-12,14-15H,3,10,13,16-21H2,1-2H3;(H,3,4)(H,5,6). The summed E-state index contributed by atoms with van der Waals surface area (Å²) in [6, 6.07) is 20.8. The second-order valence-electron chi connectivity index (χ2n) is 8.62. The summed E-state index contributed by atoms with van der Waals surface area (Å²) in [6.07, 6.45) is 4.66. The average molecular weight is 485 g/mol. The lowest BCUT2D eigenvalue weighted by Crippen LogP contribution is -2.60. The van der Waals surface area contributed by atoms with E-state index in [1.165, 1.54) is 5.56 Å². The Labute approximate surface area is 207 Å². The topological polar surface area (TPSA) is 107 Å². The quantitative estimate of drug-likeness (QED) is 0.523. The molecule has 1 heterocycles. The van der Waals surface area contributed by atoms with E-state index in [0.29, 0.717) is 13.0 Å². The number of amides is 1. The molecular formula is C27H36N2O6. The summed E-state index contributed by atoms with van der Waals surface area (Å²) in [4.78, 5) is 35.7. The molecule has 0 aliphatic carbocycles. The van der Waals surface area contributed by atoms with E-state index in [1.807, 2.05) is 42.2 Å². The number of anilines is 1. The summed E-state index contributed by atoms with van der Waals surface area (Å²) in [5, 5.41) is 14.8. The molecule has 2 N–H and O–H groups in total. The molecule has 0 atom stereocenters. The van der Waals surface area contributed by atoms with Crippen LogP contribution in [0.2, 0.25) is 0 Å². The van der Waals surface area contributed by atoms with Crippen LogP contribution in [-0.2, 0) is 25.5 Å². The van der Waals surface area contributed by atoms with E-state index in [0.717, 1.165) is 51.0 Å². The van der Waals surface area contributed by atoms with Gasteiger partial charge in [-0.2, -0.15) is 0 Å². The zero-order valence-electron chi connectivity index (χ0n) is 20.6. The SMILES string of the molecule is CCC(=O)N(c1ccccc1)C1(COC)CCN(CCCc2ccccc2)CC1.O=C(O)C(=O)O. The molecule has 1 amide bonds. The van der Waals surface area contributed by atoms with Crippen molar-refractivity contribution in [3.63, 3.8) is 0 Å². The van der Waals surface area contributed by atoms with E-state index in [4.69, 9.17) is 24.5 Å². The number of aryl methyl sites for hydroxylation is 1. The first-order valence-electron chi connectivity index (χ1n) is 11.9. The van der Waals surface area contributed by atoms with E-state index in [2.05, 4.69) is 35.2 Å². The van der Waals surface area contributed by atoms with Gasteiger partial charge in [0.2, 0.25) is 5.91 Å². The van der Waals surface area contributed by atoms with Crippen molar-refractivity contribution in [2.24, 2.45) is 0 Å². The number of carboxylic acid groups (broad SMARTS) is 2.